The Labute approximate surface area is 182 Å². The second-order valence-electron chi connectivity index (χ2n) is 7.33. The van der Waals surface area contributed by atoms with Crippen LogP contribution in [0.2, 0.25) is 0 Å². The Morgan fingerprint density at radius 3 is 2.35 bits per heavy atom. The summed E-state index contributed by atoms with van der Waals surface area (Å²) in [5, 5.41) is 0. The van der Waals surface area contributed by atoms with Crippen LogP contribution in [0.1, 0.15) is 37.8 Å². The second-order valence-corrected chi connectivity index (χ2v) is 7.33. The molecule has 0 N–H and O–H groups in total. The van der Waals surface area contributed by atoms with Crippen LogP contribution in [0.5, 0.6) is 23.0 Å². The molecule has 0 radical (unpaired) electrons. The molecule has 0 spiro atoms. The molecule has 0 aliphatic carbocycles. The van der Waals surface area contributed by atoms with Crippen LogP contribution in [0.4, 0.5) is 4.39 Å². The molecule has 0 atom stereocenters. The molecule has 3 aromatic rings. The van der Waals surface area contributed by atoms with Gasteiger partial charge in [0.25, 0.3) is 0 Å². The molecule has 0 saturated carbocycles. The number of hydrogen-bond donors (Lipinski definition) is 0. The van der Waals surface area contributed by atoms with E-state index in [0.717, 1.165) is 17.5 Å². The molecule has 5 heteroatoms. The Morgan fingerprint density at radius 1 is 0.871 bits per heavy atom. The smallest absolute Gasteiger partial charge is 0.165 e. The van der Waals surface area contributed by atoms with Gasteiger partial charge in [-0.05, 0) is 67.3 Å². The third kappa shape index (κ3) is 7.14. The van der Waals surface area contributed by atoms with Crippen LogP contribution in [0.3, 0.4) is 0 Å². The highest BCUT2D eigenvalue weighted by atomic mass is 19.1. The van der Waals surface area contributed by atoms with E-state index < -0.39 is 5.82 Å². The quantitative estimate of drug-likeness (QED) is 0.353. The Bertz CT molecular complexity index is 1000. The normalized spacial score (nSPS) is 10.5. The maximum Gasteiger partial charge on any atom is 0.165 e. The first-order chi connectivity index (χ1) is 15.0. The van der Waals surface area contributed by atoms with Crippen LogP contribution in [-0.2, 0) is 17.8 Å². The van der Waals surface area contributed by atoms with Crippen LogP contribution in [0, 0.1) is 5.82 Å². The van der Waals surface area contributed by atoms with Gasteiger partial charge >= 0.3 is 0 Å². The topological polar surface area (TPSA) is 44.8 Å². The Balaban J connectivity index is 1.72. The van der Waals surface area contributed by atoms with E-state index in [1.54, 1.807) is 12.1 Å². The van der Waals surface area contributed by atoms with Crippen molar-refractivity contribution in [3.8, 4) is 23.0 Å². The lowest BCUT2D eigenvalue weighted by molar-refractivity contribution is -0.116. The average Bonchev–Trinajstić information content (AvgIpc) is 2.76. The van der Waals surface area contributed by atoms with E-state index in [4.69, 9.17) is 14.2 Å². The van der Waals surface area contributed by atoms with Crippen LogP contribution < -0.4 is 14.2 Å². The minimum Gasteiger partial charge on any atom is -0.493 e. The van der Waals surface area contributed by atoms with Gasteiger partial charge in [-0.15, -0.1) is 0 Å². The first kappa shape index (κ1) is 22.3. The van der Waals surface area contributed by atoms with Crippen LogP contribution >= 0.6 is 0 Å². The summed E-state index contributed by atoms with van der Waals surface area (Å²) < 4.78 is 31.9. The van der Waals surface area contributed by atoms with Crippen molar-refractivity contribution in [2.75, 3.05) is 6.61 Å². The fourth-order valence-corrected chi connectivity index (χ4v) is 3.00. The van der Waals surface area contributed by atoms with Crippen molar-refractivity contribution < 1.29 is 23.4 Å². The Hall–Kier alpha value is -3.34. The summed E-state index contributed by atoms with van der Waals surface area (Å²) in [4.78, 5) is 11.1. The lowest BCUT2D eigenvalue weighted by atomic mass is 10.1. The van der Waals surface area contributed by atoms with Crippen molar-refractivity contribution in [2.45, 2.75) is 39.7 Å². The molecule has 0 bridgehead atoms. The minimum absolute atomic E-state index is 0.0828. The zero-order valence-corrected chi connectivity index (χ0v) is 17.9. The van der Waals surface area contributed by atoms with Crippen LogP contribution in [0.15, 0.2) is 66.7 Å². The van der Waals surface area contributed by atoms with Crippen LogP contribution in [0.25, 0.3) is 0 Å². The highest BCUT2D eigenvalue weighted by Crippen LogP contribution is 2.29. The monoisotopic (exact) mass is 422 g/mol. The maximum atomic E-state index is 14.4. The zero-order chi connectivity index (χ0) is 22.1. The number of hydrogen-bond acceptors (Lipinski definition) is 4. The minimum atomic E-state index is -0.444. The molecule has 0 aliphatic rings. The van der Waals surface area contributed by atoms with Gasteiger partial charge in [-0.3, -0.25) is 0 Å². The fraction of sp³-hybridized carbons (Fsp3) is 0.269. The molecule has 4 nitrogen and oxygen atoms in total. The Kier molecular flexibility index (Phi) is 8.05. The van der Waals surface area contributed by atoms with Crippen molar-refractivity contribution in [3.05, 3.63) is 83.7 Å². The first-order valence-corrected chi connectivity index (χ1v) is 10.4. The molecule has 0 unspecified atom stereocenters. The van der Waals surface area contributed by atoms with Crippen molar-refractivity contribution in [1.29, 1.82) is 0 Å². The van der Waals surface area contributed by atoms with Gasteiger partial charge in [0.15, 0.2) is 11.6 Å². The number of halogens is 1. The van der Waals surface area contributed by atoms with E-state index in [9.17, 15) is 9.18 Å². The number of para-hydroxylation sites is 1. The van der Waals surface area contributed by atoms with E-state index in [2.05, 4.69) is 0 Å². The number of Topliss-reactive ketones (excluding diaryl/α,β-unsaturated/α-hetero) is 1. The molecule has 0 aromatic heterocycles. The summed E-state index contributed by atoms with van der Waals surface area (Å²) in [6.07, 6.45) is 1.80. The summed E-state index contributed by atoms with van der Waals surface area (Å²) in [7, 11) is 0. The summed E-state index contributed by atoms with van der Waals surface area (Å²) in [5.41, 5.74) is 1.58. The third-order valence-electron chi connectivity index (χ3n) is 4.55. The maximum absolute atomic E-state index is 14.4. The van der Waals surface area contributed by atoms with E-state index in [1.165, 1.54) is 13.0 Å². The average molecular weight is 422 g/mol. The standard InChI is InChI=1S/C26H27FO4/c1-3-13-29-23-14-21(15-24(17-23)31-22-7-5-4-6-8-22)18-30-26-12-11-20(16-25(26)27)10-9-19(2)28/h4-8,11-12,14-17H,3,9-10,13,18H2,1-2H3. The van der Waals surface area contributed by atoms with Gasteiger partial charge in [-0.1, -0.05) is 31.2 Å². The van der Waals surface area contributed by atoms with E-state index in [1.807, 2.05) is 55.5 Å². The van der Waals surface area contributed by atoms with Crippen molar-refractivity contribution in [3.63, 3.8) is 0 Å². The van der Waals surface area contributed by atoms with Crippen molar-refractivity contribution in [1.82, 2.24) is 0 Å². The lowest BCUT2D eigenvalue weighted by Crippen LogP contribution is -2.01. The van der Waals surface area contributed by atoms with Gasteiger partial charge in [0.05, 0.1) is 6.61 Å². The van der Waals surface area contributed by atoms with Crippen LogP contribution in [-0.4, -0.2) is 12.4 Å². The van der Waals surface area contributed by atoms with E-state index in [0.29, 0.717) is 36.7 Å². The molecular formula is C26H27FO4. The summed E-state index contributed by atoms with van der Waals surface area (Å²) >= 11 is 0. The first-order valence-electron chi connectivity index (χ1n) is 10.4. The van der Waals surface area contributed by atoms with Gasteiger partial charge in [-0.2, -0.15) is 0 Å². The number of benzene rings is 3. The molecule has 162 valence electrons. The van der Waals surface area contributed by atoms with Gasteiger partial charge in [0.1, 0.15) is 29.6 Å². The van der Waals surface area contributed by atoms with Gasteiger partial charge < -0.3 is 19.0 Å². The van der Waals surface area contributed by atoms with Gasteiger partial charge in [0.2, 0.25) is 0 Å². The highest BCUT2D eigenvalue weighted by molar-refractivity contribution is 5.75. The third-order valence-corrected chi connectivity index (χ3v) is 4.55. The highest BCUT2D eigenvalue weighted by Gasteiger charge is 2.09. The summed E-state index contributed by atoms with van der Waals surface area (Å²) in [6, 6.07) is 19.8. The van der Waals surface area contributed by atoms with E-state index >= 15 is 0 Å². The van der Waals surface area contributed by atoms with Gasteiger partial charge in [-0.25, -0.2) is 4.39 Å². The number of ether oxygens (including phenoxy) is 3. The fourth-order valence-electron chi connectivity index (χ4n) is 3.00. The predicted molar refractivity (Wildman–Crippen MR) is 118 cm³/mol. The molecule has 0 fully saturated rings. The molecule has 3 aromatic carbocycles. The summed E-state index contributed by atoms with van der Waals surface area (Å²) in [5.74, 6) is 1.82. The molecule has 3 rings (SSSR count). The largest absolute Gasteiger partial charge is 0.493 e. The zero-order valence-electron chi connectivity index (χ0n) is 17.9. The van der Waals surface area contributed by atoms with Crippen molar-refractivity contribution in [2.24, 2.45) is 0 Å². The number of aryl methyl sites for hydroxylation is 1. The molecule has 0 heterocycles. The Morgan fingerprint density at radius 2 is 1.65 bits per heavy atom. The SMILES string of the molecule is CCCOc1cc(COc2ccc(CCC(C)=O)cc2F)cc(Oc2ccccc2)c1. The molecule has 0 amide bonds. The van der Waals surface area contributed by atoms with E-state index in [-0.39, 0.29) is 18.1 Å². The van der Waals surface area contributed by atoms with Gasteiger partial charge in [0, 0.05) is 12.5 Å². The number of carbonyl (C=O) groups excluding carboxylic acids is 1. The number of rotatable bonds is 11. The molecule has 0 saturated heterocycles. The second kappa shape index (κ2) is 11.2. The number of ketones is 1. The molecular weight excluding hydrogens is 395 g/mol. The number of carbonyl (C=O) groups is 1. The molecule has 31 heavy (non-hydrogen) atoms. The molecule has 0 aliphatic heterocycles. The summed E-state index contributed by atoms with van der Waals surface area (Å²) in [6.45, 7) is 4.32. The van der Waals surface area contributed by atoms with Crippen molar-refractivity contribution >= 4 is 5.78 Å². The predicted octanol–water partition coefficient (Wildman–Crippen LogP) is 6.51. The lowest BCUT2D eigenvalue weighted by Gasteiger charge is -2.13.